The van der Waals surface area contributed by atoms with Crippen molar-refractivity contribution in [3.8, 4) is 0 Å². The van der Waals surface area contributed by atoms with Crippen LogP contribution in [0.4, 0.5) is 0 Å². The molecule has 22 heavy (non-hydrogen) atoms. The van der Waals surface area contributed by atoms with Crippen LogP contribution in [0.5, 0.6) is 0 Å². The lowest BCUT2D eigenvalue weighted by Crippen LogP contribution is -2.25. The van der Waals surface area contributed by atoms with E-state index >= 15 is 0 Å². The van der Waals surface area contributed by atoms with E-state index in [1.54, 1.807) is 0 Å². The highest BCUT2D eigenvalue weighted by Gasteiger charge is 2.12. The van der Waals surface area contributed by atoms with E-state index in [1.807, 2.05) is 19.0 Å². The van der Waals surface area contributed by atoms with Gasteiger partial charge in [0.2, 0.25) is 0 Å². The highest BCUT2D eigenvalue weighted by Crippen LogP contribution is 2.31. The maximum absolute atomic E-state index is 3.25. The molecule has 0 aliphatic carbocycles. The topological polar surface area (TPSA) is 15.3 Å². The smallest absolute Gasteiger partial charge is 0.0308 e. The maximum Gasteiger partial charge on any atom is 0.0308 e. The molecular formula is C19H28N2S. The second kappa shape index (κ2) is 9.19. The minimum Gasteiger partial charge on any atom is -0.320 e. The van der Waals surface area contributed by atoms with Gasteiger partial charge in [-0.25, -0.2) is 4.31 Å². The Morgan fingerprint density at radius 1 is 1.14 bits per heavy atom. The summed E-state index contributed by atoms with van der Waals surface area (Å²) in [5, 5.41) is 5.94. The second-order valence-corrected chi connectivity index (χ2v) is 7.09. The summed E-state index contributed by atoms with van der Waals surface area (Å²) in [4.78, 5) is 1.37. The van der Waals surface area contributed by atoms with Gasteiger partial charge < -0.3 is 5.32 Å². The number of fused-ring (bicyclic) bond motifs is 1. The van der Waals surface area contributed by atoms with Gasteiger partial charge >= 0.3 is 0 Å². The van der Waals surface area contributed by atoms with Gasteiger partial charge in [-0.15, -0.1) is 0 Å². The molecule has 0 spiro atoms. The number of nitrogens with zero attached hydrogens (tertiary/aromatic N) is 1. The van der Waals surface area contributed by atoms with Crippen LogP contribution in [0.25, 0.3) is 10.8 Å². The molecule has 2 aromatic carbocycles. The van der Waals surface area contributed by atoms with Crippen LogP contribution in [0.15, 0.2) is 47.4 Å². The quantitative estimate of drug-likeness (QED) is 0.669. The van der Waals surface area contributed by atoms with Crippen molar-refractivity contribution in [1.82, 2.24) is 9.62 Å². The number of hydrogen-bond donors (Lipinski definition) is 1. The van der Waals surface area contributed by atoms with E-state index in [0.29, 0.717) is 5.92 Å². The van der Waals surface area contributed by atoms with Gasteiger partial charge in [0.15, 0.2) is 0 Å². The highest BCUT2D eigenvalue weighted by atomic mass is 32.2. The van der Waals surface area contributed by atoms with Gasteiger partial charge in [0.25, 0.3) is 0 Å². The van der Waals surface area contributed by atoms with Crippen LogP contribution in [0.1, 0.15) is 26.7 Å². The van der Waals surface area contributed by atoms with E-state index in [4.69, 9.17) is 0 Å². The first kappa shape index (κ1) is 17.3. The Labute approximate surface area is 139 Å². The van der Waals surface area contributed by atoms with Crippen molar-refractivity contribution >= 4 is 22.7 Å². The van der Waals surface area contributed by atoms with Crippen LogP contribution >= 0.6 is 11.9 Å². The third kappa shape index (κ3) is 5.01. The number of benzene rings is 2. The second-order valence-electron chi connectivity index (χ2n) is 5.95. The summed E-state index contributed by atoms with van der Waals surface area (Å²) in [5.74, 6) is 0.710. The molecule has 0 aliphatic heterocycles. The number of rotatable bonds is 9. The number of hydrogen-bond acceptors (Lipinski definition) is 3. The normalized spacial score (nSPS) is 12.9. The van der Waals surface area contributed by atoms with Gasteiger partial charge in [-0.05, 0) is 61.1 Å². The standard InChI is InChI=1S/C19H28N2S/c1-4-14-21(15-16(2)12-13-20-3)22-19-11-7-9-17-8-5-6-10-18(17)19/h5-11,16,20H,4,12-15H2,1-3H3. The zero-order chi connectivity index (χ0) is 15.8. The summed E-state index contributed by atoms with van der Waals surface area (Å²) >= 11 is 1.92. The van der Waals surface area contributed by atoms with E-state index in [2.05, 4.69) is 65.9 Å². The van der Waals surface area contributed by atoms with Crippen molar-refractivity contribution in [2.24, 2.45) is 5.92 Å². The minimum atomic E-state index is 0.710. The Balaban J connectivity index is 2.09. The molecule has 1 unspecified atom stereocenters. The molecule has 0 radical (unpaired) electrons. The van der Waals surface area contributed by atoms with Crippen LogP contribution in [0.3, 0.4) is 0 Å². The molecule has 2 nitrogen and oxygen atoms in total. The van der Waals surface area contributed by atoms with E-state index < -0.39 is 0 Å². The molecular weight excluding hydrogens is 288 g/mol. The summed E-state index contributed by atoms with van der Waals surface area (Å²) in [6.45, 7) is 7.99. The molecule has 3 heteroatoms. The van der Waals surface area contributed by atoms with Crippen molar-refractivity contribution in [1.29, 1.82) is 0 Å². The van der Waals surface area contributed by atoms with Gasteiger partial charge in [0.05, 0.1) is 0 Å². The van der Waals surface area contributed by atoms with Gasteiger partial charge in [0, 0.05) is 18.0 Å². The van der Waals surface area contributed by atoms with Crippen LogP contribution in [0, 0.1) is 5.92 Å². The first-order chi connectivity index (χ1) is 10.7. The van der Waals surface area contributed by atoms with Gasteiger partial charge in [-0.1, -0.05) is 50.2 Å². The lowest BCUT2D eigenvalue weighted by molar-refractivity contribution is 0.371. The van der Waals surface area contributed by atoms with Crippen molar-refractivity contribution in [2.45, 2.75) is 31.6 Å². The summed E-state index contributed by atoms with van der Waals surface area (Å²) < 4.78 is 2.53. The predicted octanol–water partition coefficient (Wildman–Crippen LogP) is 4.80. The molecule has 2 aromatic rings. The largest absolute Gasteiger partial charge is 0.320 e. The van der Waals surface area contributed by atoms with Gasteiger partial charge in [-0.2, -0.15) is 0 Å². The molecule has 2 rings (SSSR count). The van der Waals surface area contributed by atoms with Crippen LogP contribution < -0.4 is 5.32 Å². The maximum atomic E-state index is 3.25. The fraction of sp³-hybridized carbons (Fsp3) is 0.474. The van der Waals surface area contributed by atoms with E-state index in [-0.39, 0.29) is 0 Å². The Bertz CT molecular complexity index is 565. The van der Waals surface area contributed by atoms with Crippen LogP contribution in [-0.4, -0.2) is 31.0 Å². The number of nitrogens with one attached hydrogen (secondary N) is 1. The van der Waals surface area contributed by atoms with Crippen LogP contribution in [0.2, 0.25) is 0 Å². The molecule has 0 saturated heterocycles. The Kier molecular flexibility index (Phi) is 7.23. The van der Waals surface area contributed by atoms with Crippen molar-refractivity contribution in [3.05, 3.63) is 42.5 Å². The Hall–Kier alpha value is -1.03. The predicted molar refractivity (Wildman–Crippen MR) is 99.4 cm³/mol. The third-order valence-corrected chi connectivity index (χ3v) is 5.00. The fourth-order valence-corrected chi connectivity index (χ4v) is 3.97. The highest BCUT2D eigenvalue weighted by molar-refractivity contribution is 7.97. The first-order valence-electron chi connectivity index (χ1n) is 8.30. The molecule has 0 saturated carbocycles. The average molecular weight is 317 g/mol. The molecule has 0 aliphatic rings. The monoisotopic (exact) mass is 316 g/mol. The lowest BCUT2D eigenvalue weighted by Gasteiger charge is -2.24. The summed E-state index contributed by atoms with van der Waals surface area (Å²) in [5.41, 5.74) is 0. The summed E-state index contributed by atoms with van der Waals surface area (Å²) in [6.07, 6.45) is 2.42. The fourth-order valence-electron chi connectivity index (χ4n) is 2.67. The van der Waals surface area contributed by atoms with E-state index in [0.717, 1.165) is 19.6 Å². The molecule has 0 amide bonds. The van der Waals surface area contributed by atoms with Crippen molar-refractivity contribution < 1.29 is 0 Å². The van der Waals surface area contributed by atoms with E-state index in [1.165, 1.54) is 28.5 Å². The first-order valence-corrected chi connectivity index (χ1v) is 9.07. The molecule has 0 bridgehead atoms. The SMILES string of the molecule is CCCN(CC(C)CCNC)Sc1cccc2ccccc12. The summed E-state index contributed by atoms with van der Waals surface area (Å²) in [7, 11) is 2.03. The van der Waals surface area contributed by atoms with E-state index in [9.17, 15) is 0 Å². The van der Waals surface area contributed by atoms with Crippen molar-refractivity contribution in [2.75, 3.05) is 26.7 Å². The minimum absolute atomic E-state index is 0.710. The zero-order valence-electron chi connectivity index (χ0n) is 14.0. The zero-order valence-corrected chi connectivity index (χ0v) is 14.8. The molecule has 120 valence electrons. The molecule has 1 N–H and O–H groups in total. The molecule has 0 fully saturated rings. The van der Waals surface area contributed by atoms with Crippen molar-refractivity contribution in [3.63, 3.8) is 0 Å². The van der Waals surface area contributed by atoms with Crippen LogP contribution in [-0.2, 0) is 0 Å². The Morgan fingerprint density at radius 3 is 2.68 bits per heavy atom. The average Bonchev–Trinajstić information content (AvgIpc) is 2.53. The molecule has 1 atom stereocenters. The Morgan fingerprint density at radius 2 is 1.91 bits per heavy atom. The van der Waals surface area contributed by atoms with Gasteiger partial charge in [0.1, 0.15) is 0 Å². The lowest BCUT2D eigenvalue weighted by atomic mass is 10.1. The summed E-state index contributed by atoms with van der Waals surface area (Å²) in [6, 6.07) is 15.3. The third-order valence-electron chi connectivity index (χ3n) is 3.85. The molecule has 0 heterocycles. The molecule has 0 aromatic heterocycles. The van der Waals surface area contributed by atoms with Gasteiger partial charge in [-0.3, -0.25) is 0 Å².